The molecule has 0 radical (unpaired) electrons. The first-order valence-electron chi connectivity index (χ1n) is 16.9. The molecule has 0 amide bonds. The SMILES string of the molecule is COC(=O)/C=C(/c1ccc(OC)cc1)c1cccc2c(ccc(C)c1)OCOc1ccccc(/C(=C\C(=O)OC)c3ccc(OC)cc3)ccc(C)c1-2. The summed E-state index contributed by atoms with van der Waals surface area (Å²) >= 11 is 0. The van der Waals surface area contributed by atoms with E-state index in [4.69, 9.17) is 28.4 Å². The molecule has 0 fully saturated rings. The smallest absolute Gasteiger partial charge is 0.331 e. The number of ether oxygens (including phenoxy) is 6. The van der Waals surface area contributed by atoms with Crippen LogP contribution in [0.15, 0.2) is 133 Å². The van der Waals surface area contributed by atoms with E-state index in [-0.39, 0.29) is 6.79 Å². The fourth-order valence-corrected chi connectivity index (χ4v) is 5.76. The number of aryl methyl sites for hydroxylation is 2. The van der Waals surface area contributed by atoms with E-state index in [0.29, 0.717) is 34.1 Å². The van der Waals surface area contributed by atoms with Crippen molar-refractivity contribution in [2.75, 3.05) is 35.2 Å². The fraction of sp³-hybridized carbons (Fsp3) is 0.156. The Labute approximate surface area is 310 Å². The molecule has 0 aromatic heterocycles. The number of hydrogen-bond donors (Lipinski definition) is 0. The van der Waals surface area contributed by atoms with E-state index < -0.39 is 11.9 Å². The highest BCUT2D eigenvalue weighted by Gasteiger charge is 2.17. The summed E-state index contributed by atoms with van der Waals surface area (Å²) in [6.45, 7) is 3.99. The Kier molecular flexibility index (Phi) is 12.9. The molecule has 1 heterocycles. The van der Waals surface area contributed by atoms with Gasteiger partial charge in [0.1, 0.15) is 23.0 Å². The van der Waals surface area contributed by atoms with Crippen LogP contribution in [-0.2, 0) is 19.1 Å². The summed E-state index contributed by atoms with van der Waals surface area (Å²) in [5.74, 6) is 1.72. The van der Waals surface area contributed by atoms with Gasteiger partial charge in [-0.2, -0.15) is 0 Å². The Morgan fingerprint density at radius 1 is 0.547 bits per heavy atom. The van der Waals surface area contributed by atoms with E-state index in [1.165, 1.54) is 26.4 Å². The third-order valence-electron chi connectivity index (χ3n) is 8.52. The van der Waals surface area contributed by atoms with Crippen LogP contribution in [0.4, 0.5) is 0 Å². The third-order valence-corrected chi connectivity index (χ3v) is 8.52. The number of hydrogen-bond acceptors (Lipinski definition) is 8. The van der Waals surface area contributed by atoms with Crippen molar-refractivity contribution in [3.05, 3.63) is 167 Å². The van der Waals surface area contributed by atoms with Crippen molar-refractivity contribution in [2.24, 2.45) is 0 Å². The maximum Gasteiger partial charge on any atom is 0.331 e. The number of carbonyl (C=O) groups is 2. The van der Waals surface area contributed by atoms with Crippen LogP contribution in [0.3, 0.4) is 0 Å². The zero-order valence-corrected chi connectivity index (χ0v) is 30.7. The molecule has 1 aliphatic rings. The average molecular weight is 711 g/mol. The fourth-order valence-electron chi connectivity index (χ4n) is 5.76. The maximum atomic E-state index is 12.6. The summed E-state index contributed by atoms with van der Waals surface area (Å²) in [7, 11) is 5.93. The largest absolute Gasteiger partial charge is 0.497 e. The van der Waals surface area contributed by atoms with Crippen molar-refractivity contribution in [1.29, 1.82) is 0 Å². The Morgan fingerprint density at radius 2 is 1.06 bits per heavy atom. The van der Waals surface area contributed by atoms with Crippen molar-refractivity contribution >= 4 is 23.1 Å². The Bertz CT molecular complexity index is 2150. The lowest BCUT2D eigenvalue weighted by Crippen LogP contribution is -2.03. The predicted molar refractivity (Wildman–Crippen MR) is 207 cm³/mol. The van der Waals surface area contributed by atoms with E-state index >= 15 is 0 Å². The summed E-state index contributed by atoms with van der Waals surface area (Å²) in [5, 5.41) is 0. The van der Waals surface area contributed by atoms with Gasteiger partial charge in [-0.05, 0) is 89.2 Å². The van der Waals surface area contributed by atoms with E-state index in [1.807, 2.05) is 135 Å². The molecule has 4 aromatic carbocycles. The summed E-state index contributed by atoms with van der Waals surface area (Å²) in [4.78, 5) is 25.2. The highest BCUT2D eigenvalue weighted by Crippen LogP contribution is 2.39. The highest BCUT2D eigenvalue weighted by atomic mass is 16.7. The van der Waals surface area contributed by atoms with Crippen LogP contribution < -0.4 is 18.9 Å². The van der Waals surface area contributed by atoms with Gasteiger partial charge in [-0.25, -0.2) is 9.59 Å². The molecule has 8 heteroatoms. The van der Waals surface area contributed by atoms with Gasteiger partial charge in [0.2, 0.25) is 6.79 Å². The van der Waals surface area contributed by atoms with Crippen LogP contribution in [-0.4, -0.2) is 47.2 Å². The van der Waals surface area contributed by atoms with Gasteiger partial charge in [-0.3, -0.25) is 0 Å². The van der Waals surface area contributed by atoms with Crippen molar-refractivity contribution in [2.45, 2.75) is 13.8 Å². The van der Waals surface area contributed by atoms with Crippen molar-refractivity contribution < 1.29 is 38.0 Å². The summed E-state index contributed by atoms with van der Waals surface area (Å²) in [6.07, 6.45) is 2.97. The van der Waals surface area contributed by atoms with Gasteiger partial charge in [-0.15, -0.1) is 0 Å². The molecular weight excluding hydrogens is 668 g/mol. The lowest BCUT2D eigenvalue weighted by molar-refractivity contribution is -0.135. The van der Waals surface area contributed by atoms with Gasteiger partial charge in [-0.1, -0.05) is 90.5 Å². The highest BCUT2D eigenvalue weighted by molar-refractivity contribution is 5.97. The first kappa shape index (κ1) is 37.7. The van der Waals surface area contributed by atoms with Crippen LogP contribution in [0.5, 0.6) is 23.0 Å². The molecule has 0 unspecified atom stereocenters. The predicted octanol–water partition coefficient (Wildman–Crippen LogP) is 9.17. The van der Waals surface area contributed by atoms with E-state index in [9.17, 15) is 9.59 Å². The number of rotatable bonds is 8. The van der Waals surface area contributed by atoms with Gasteiger partial charge in [0.15, 0.2) is 0 Å². The monoisotopic (exact) mass is 710 g/mol. The molecule has 0 spiro atoms. The van der Waals surface area contributed by atoms with E-state index in [0.717, 1.165) is 44.5 Å². The molecule has 0 atom stereocenters. The van der Waals surface area contributed by atoms with Crippen LogP contribution >= 0.6 is 0 Å². The Morgan fingerprint density at radius 3 is 1.64 bits per heavy atom. The second kappa shape index (κ2) is 18.1. The molecular formula is C45H42O8. The minimum atomic E-state index is -0.473. The normalized spacial score (nSPS) is 11.8. The van der Waals surface area contributed by atoms with E-state index in [2.05, 4.69) is 0 Å². The minimum Gasteiger partial charge on any atom is -0.497 e. The quantitative estimate of drug-likeness (QED) is 0.132. The second-order valence-electron chi connectivity index (χ2n) is 11.9. The standard InChI is InChI=1S/C45H42O8/c1-30-14-25-41-38(12-9-11-35(26-30)40(28-44(47)51-6)34-19-23-37(49-4)24-20-34)45-31(2)15-16-32(10-7-8-13-42(45)53-29-52-41)39(27-43(46)50-5)33-17-21-36(48-3)22-18-33/h7-28H,29H2,1-6H3/b8-7?,10-7?,11-9?,12-9?,13-8?,16-15?,25-14?,30-14?,30-26?,31-15?,32-10?,32-16?,35-11?,35-26?,38-12?,39-27+,40-28-,41-25?,42-13?,45-31?. The number of benzene rings is 2. The van der Waals surface area contributed by atoms with Gasteiger partial charge in [0.25, 0.3) is 0 Å². The number of esters is 2. The van der Waals surface area contributed by atoms with Gasteiger partial charge in [0, 0.05) is 23.3 Å². The first-order chi connectivity index (χ1) is 25.7. The summed E-state index contributed by atoms with van der Waals surface area (Å²) in [6, 6.07) is 38.3. The number of methoxy groups -OCH3 is 4. The maximum absolute atomic E-state index is 12.6. The molecule has 270 valence electrons. The third kappa shape index (κ3) is 9.62. The molecule has 0 bridgehead atoms. The topological polar surface area (TPSA) is 89.5 Å². The van der Waals surface area contributed by atoms with Crippen molar-refractivity contribution in [1.82, 2.24) is 0 Å². The lowest BCUT2D eigenvalue weighted by atomic mass is 9.96. The lowest BCUT2D eigenvalue weighted by Gasteiger charge is -2.11. The molecule has 0 saturated heterocycles. The molecule has 0 saturated carbocycles. The number of carbonyl (C=O) groups excluding carboxylic acids is 2. The zero-order valence-electron chi connectivity index (χ0n) is 30.7. The molecule has 4 aromatic rings. The number of fused-ring (bicyclic) bond motifs is 3. The molecule has 1 aliphatic heterocycles. The molecule has 53 heavy (non-hydrogen) atoms. The zero-order chi connectivity index (χ0) is 37.7. The van der Waals surface area contributed by atoms with Gasteiger partial charge < -0.3 is 28.4 Å². The summed E-state index contributed by atoms with van der Waals surface area (Å²) in [5.41, 5.74) is 8.00. The van der Waals surface area contributed by atoms with Gasteiger partial charge in [0.05, 0.1) is 28.4 Å². The summed E-state index contributed by atoms with van der Waals surface area (Å²) < 4.78 is 33.1. The van der Waals surface area contributed by atoms with Crippen LogP contribution in [0.25, 0.3) is 22.3 Å². The average Bonchev–Trinajstić information content (AvgIpc) is 3.36. The molecule has 8 nitrogen and oxygen atoms in total. The van der Waals surface area contributed by atoms with E-state index in [1.54, 1.807) is 14.2 Å². The second-order valence-corrected chi connectivity index (χ2v) is 11.9. The Hall–Kier alpha value is -6.54. The first-order valence-corrected chi connectivity index (χ1v) is 16.9. The van der Waals surface area contributed by atoms with Gasteiger partial charge >= 0.3 is 11.9 Å². The van der Waals surface area contributed by atoms with Crippen molar-refractivity contribution in [3.8, 4) is 34.1 Å². The van der Waals surface area contributed by atoms with Crippen molar-refractivity contribution in [3.63, 3.8) is 0 Å². The van der Waals surface area contributed by atoms with Crippen LogP contribution in [0.1, 0.15) is 33.4 Å². The van der Waals surface area contributed by atoms with Crippen LogP contribution in [0.2, 0.25) is 0 Å². The molecule has 0 aliphatic carbocycles. The Balaban J connectivity index is 1.72. The molecule has 5 rings (SSSR count). The van der Waals surface area contributed by atoms with Crippen LogP contribution in [0, 0.1) is 13.8 Å². The molecule has 0 N–H and O–H groups in total. The minimum absolute atomic E-state index is 0.00902.